The number of aryl methyl sites for hydroxylation is 1. The summed E-state index contributed by atoms with van der Waals surface area (Å²) in [6.07, 6.45) is 1.71. The average molecular weight is 459 g/mol. The number of hydrogen-bond acceptors (Lipinski definition) is 4. The summed E-state index contributed by atoms with van der Waals surface area (Å²) < 4.78 is 5.90. The third kappa shape index (κ3) is 4.87. The maximum Gasteiger partial charge on any atom is 0.333 e. The molecule has 0 saturated heterocycles. The van der Waals surface area contributed by atoms with E-state index in [4.69, 9.17) is 30.0 Å². The molecule has 4 aromatic carbocycles. The summed E-state index contributed by atoms with van der Waals surface area (Å²) >= 11 is 9.42. The van der Waals surface area contributed by atoms with Gasteiger partial charge in [0, 0.05) is 21.8 Å². The zero-order valence-electron chi connectivity index (χ0n) is 18.0. The van der Waals surface area contributed by atoms with Crippen LogP contribution in [-0.2, 0) is 22.4 Å². The van der Waals surface area contributed by atoms with Crippen LogP contribution in [0.2, 0.25) is 0 Å². The van der Waals surface area contributed by atoms with Gasteiger partial charge in [0.1, 0.15) is 6.10 Å². The second-order valence-corrected chi connectivity index (χ2v) is 9.08. The molecule has 4 heteroatoms. The molecule has 0 aliphatic heterocycles. The van der Waals surface area contributed by atoms with Gasteiger partial charge in [0.25, 0.3) is 0 Å². The highest BCUT2D eigenvalue weighted by Gasteiger charge is 2.20. The molecule has 1 unspecified atom stereocenters. The van der Waals surface area contributed by atoms with Crippen LogP contribution in [0.15, 0.2) is 94.7 Å². The van der Waals surface area contributed by atoms with E-state index in [-0.39, 0.29) is 12.1 Å². The third-order valence-electron chi connectivity index (χ3n) is 5.80. The summed E-state index contributed by atoms with van der Waals surface area (Å²) in [6, 6.07) is 24.7. The van der Waals surface area contributed by atoms with Gasteiger partial charge in [-0.25, -0.2) is 4.79 Å². The van der Waals surface area contributed by atoms with Crippen molar-refractivity contribution in [1.29, 1.82) is 0 Å². The van der Waals surface area contributed by atoms with Crippen LogP contribution >= 0.6 is 25.3 Å². The van der Waals surface area contributed by atoms with Crippen molar-refractivity contribution in [2.45, 2.75) is 42.1 Å². The molecule has 0 bridgehead atoms. The van der Waals surface area contributed by atoms with Crippen LogP contribution < -0.4 is 0 Å². The number of carbonyl (C=O) groups is 1. The summed E-state index contributed by atoms with van der Waals surface area (Å²) in [5, 5.41) is 4.65. The van der Waals surface area contributed by atoms with E-state index >= 15 is 0 Å². The van der Waals surface area contributed by atoms with Gasteiger partial charge in [0.05, 0.1) is 0 Å². The predicted octanol–water partition coefficient (Wildman–Crippen LogP) is 7.23. The third-order valence-corrected chi connectivity index (χ3v) is 6.64. The number of esters is 1. The first-order valence-corrected chi connectivity index (χ1v) is 11.6. The lowest BCUT2D eigenvalue weighted by Crippen LogP contribution is -2.22. The largest absolute Gasteiger partial charge is 0.459 e. The Bertz CT molecular complexity index is 1310. The van der Waals surface area contributed by atoms with Crippen molar-refractivity contribution in [2.24, 2.45) is 0 Å². The van der Waals surface area contributed by atoms with Crippen LogP contribution in [0.25, 0.3) is 21.5 Å². The molecule has 1 atom stereocenters. The van der Waals surface area contributed by atoms with Crippen LogP contribution in [0.1, 0.15) is 24.5 Å². The van der Waals surface area contributed by atoms with Crippen LogP contribution in [-0.4, -0.2) is 12.1 Å². The van der Waals surface area contributed by atoms with E-state index < -0.39 is 0 Å². The van der Waals surface area contributed by atoms with Crippen molar-refractivity contribution in [3.05, 3.63) is 96.1 Å². The SMILES string of the molecule is C=C(C)C(=O)OC(CCc1c(S)ccc2ccccc12)Cc1c(S)ccc2ccccc12. The molecule has 0 radical (unpaired) electrons. The number of fused-ring (bicyclic) bond motifs is 2. The van der Waals surface area contributed by atoms with E-state index in [1.807, 2.05) is 36.4 Å². The topological polar surface area (TPSA) is 26.3 Å². The summed E-state index contributed by atoms with van der Waals surface area (Å²) in [5.41, 5.74) is 2.67. The molecule has 162 valence electrons. The Kier molecular flexibility index (Phi) is 6.92. The Morgan fingerprint density at radius 3 is 1.97 bits per heavy atom. The fourth-order valence-corrected chi connectivity index (χ4v) is 4.71. The summed E-state index contributed by atoms with van der Waals surface area (Å²) in [4.78, 5) is 14.3. The van der Waals surface area contributed by atoms with Crippen LogP contribution in [0.5, 0.6) is 0 Å². The van der Waals surface area contributed by atoms with Crippen molar-refractivity contribution in [2.75, 3.05) is 0 Å². The van der Waals surface area contributed by atoms with Gasteiger partial charge in [-0.2, -0.15) is 0 Å². The molecule has 2 nitrogen and oxygen atoms in total. The zero-order chi connectivity index (χ0) is 22.7. The highest BCUT2D eigenvalue weighted by atomic mass is 32.1. The molecule has 0 amide bonds. The highest BCUT2D eigenvalue weighted by molar-refractivity contribution is 7.80. The lowest BCUT2D eigenvalue weighted by Gasteiger charge is -2.21. The number of rotatable bonds is 7. The molecule has 0 saturated carbocycles. The number of hydrogen-bond donors (Lipinski definition) is 2. The first kappa shape index (κ1) is 22.5. The fourth-order valence-electron chi connectivity index (χ4n) is 4.11. The molecule has 32 heavy (non-hydrogen) atoms. The smallest absolute Gasteiger partial charge is 0.333 e. The Morgan fingerprint density at radius 1 is 0.844 bits per heavy atom. The molecule has 0 aromatic heterocycles. The van der Waals surface area contributed by atoms with Gasteiger partial charge in [-0.3, -0.25) is 0 Å². The molecule has 4 rings (SSSR count). The molecule has 0 spiro atoms. The van der Waals surface area contributed by atoms with Crippen molar-refractivity contribution in [3.63, 3.8) is 0 Å². The van der Waals surface area contributed by atoms with Gasteiger partial charge in [-0.1, -0.05) is 67.2 Å². The molecular weight excluding hydrogens is 432 g/mol. The van der Waals surface area contributed by atoms with E-state index in [0.717, 1.165) is 32.5 Å². The lowest BCUT2D eigenvalue weighted by molar-refractivity contribution is -0.144. The summed E-state index contributed by atoms with van der Waals surface area (Å²) in [5.74, 6) is -0.361. The molecule has 4 aromatic rings. The van der Waals surface area contributed by atoms with E-state index in [1.54, 1.807) is 6.92 Å². The molecular formula is C28H26O2S2. The Hall–Kier alpha value is -2.69. The maximum absolute atomic E-state index is 12.4. The number of ether oxygens (including phenoxy) is 1. The number of benzene rings is 4. The van der Waals surface area contributed by atoms with Crippen molar-refractivity contribution >= 4 is 52.8 Å². The minimum Gasteiger partial charge on any atom is -0.459 e. The van der Waals surface area contributed by atoms with Gasteiger partial charge in [-0.15, -0.1) is 25.3 Å². The maximum atomic E-state index is 12.4. The lowest BCUT2D eigenvalue weighted by atomic mass is 9.95. The van der Waals surface area contributed by atoms with Crippen molar-refractivity contribution < 1.29 is 9.53 Å². The van der Waals surface area contributed by atoms with Gasteiger partial charge in [0.2, 0.25) is 0 Å². The van der Waals surface area contributed by atoms with Gasteiger partial charge in [-0.05, 0) is 64.6 Å². The van der Waals surface area contributed by atoms with Crippen LogP contribution in [0, 0.1) is 0 Å². The first-order valence-electron chi connectivity index (χ1n) is 10.7. The average Bonchev–Trinajstić information content (AvgIpc) is 2.79. The Morgan fingerprint density at radius 2 is 1.38 bits per heavy atom. The number of carbonyl (C=O) groups excluding carboxylic acids is 1. The monoisotopic (exact) mass is 458 g/mol. The Balaban J connectivity index is 1.66. The predicted molar refractivity (Wildman–Crippen MR) is 139 cm³/mol. The highest BCUT2D eigenvalue weighted by Crippen LogP contribution is 2.30. The van der Waals surface area contributed by atoms with E-state index in [9.17, 15) is 4.79 Å². The first-order chi connectivity index (χ1) is 15.4. The van der Waals surface area contributed by atoms with Crippen molar-refractivity contribution in [1.82, 2.24) is 0 Å². The second-order valence-electron chi connectivity index (χ2n) is 8.12. The van der Waals surface area contributed by atoms with Crippen LogP contribution in [0.3, 0.4) is 0 Å². The number of thiol groups is 2. The standard InChI is InChI=1S/C28H26O2S2/c1-18(2)28(29)30-21(17-25-23-10-6-4-8-20(23)12-16-27(25)32)13-14-24-22-9-5-3-7-19(22)11-15-26(24)31/h3-12,15-16,21,31-32H,1,13-14,17H2,2H3. The fraction of sp³-hybridized carbons (Fsp3) is 0.179. The quantitative estimate of drug-likeness (QED) is 0.173. The van der Waals surface area contributed by atoms with Crippen molar-refractivity contribution in [3.8, 4) is 0 Å². The van der Waals surface area contributed by atoms with E-state index in [1.165, 1.54) is 16.3 Å². The normalized spacial score (nSPS) is 12.1. The molecule has 0 aliphatic carbocycles. The minimum absolute atomic E-state index is 0.303. The van der Waals surface area contributed by atoms with Crippen LogP contribution in [0.4, 0.5) is 0 Å². The van der Waals surface area contributed by atoms with E-state index in [0.29, 0.717) is 18.4 Å². The van der Waals surface area contributed by atoms with Gasteiger partial charge in [0.15, 0.2) is 0 Å². The van der Waals surface area contributed by atoms with Gasteiger partial charge < -0.3 is 4.74 Å². The zero-order valence-corrected chi connectivity index (χ0v) is 19.8. The molecule has 0 heterocycles. The molecule has 0 N–H and O–H groups in total. The van der Waals surface area contributed by atoms with Gasteiger partial charge >= 0.3 is 5.97 Å². The molecule has 0 aliphatic rings. The summed E-state index contributed by atoms with van der Waals surface area (Å²) in [6.45, 7) is 5.43. The minimum atomic E-state index is -0.361. The second kappa shape index (κ2) is 9.85. The summed E-state index contributed by atoms with van der Waals surface area (Å²) in [7, 11) is 0. The van der Waals surface area contributed by atoms with E-state index in [2.05, 4.69) is 43.0 Å². The molecule has 0 fully saturated rings. The Labute approximate surface area is 200 Å².